The highest BCUT2D eigenvalue weighted by molar-refractivity contribution is 6.34. The first-order valence-corrected chi connectivity index (χ1v) is 14.0. The van der Waals surface area contributed by atoms with Gasteiger partial charge in [0.15, 0.2) is 0 Å². The lowest BCUT2D eigenvalue weighted by Crippen LogP contribution is -2.44. The molecule has 1 fully saturated rings. The van der Waals surface area contributed by atoms with E-state index < -0.39 is 35.2 Å². The maximum atomic E-state index is 12.9. The molecule has 42 heavy (non-hydrogen) atoms. The van der Waals surface area contributed by atoms with E-state index in [2.05, 4.69) is 10.3 Å². The molecule has 1 aliphatic rings. The number of aromatic nitrogens is 1. The Hall–Kier alpha value is -4.12. The number of benzene rings is 1. The van der Waals surface area contributed by atoms with Crippen LogP contribution in [0.1, 0.15) is 76.0 Å². The van der Waals surface area contributed by atoms with Gasteiger partial charge in [0.05, 0.1) is 6.04 Å². The van der Waals surface area contributed by atoms with Crippen molar-refractivity contribution in [3.8, 4) is 5.75 Å². The number of Topliss-reactive ketones (excluding diaryl/α,β-unsaturated/α-hetero) is 1. The van der Waals surface area contributed by atoms with Gasteiger partial charge in [0.25, 0.3) is 5.91 Å². The number of nitrogens with zero attached hydrogens (tertiary/aromatic N) is 2. The van der Waals surface area contributed by atoms with Gasteiger partial charge in [-0.05, 0) is 90.6 Å². The number of ketones is 1. The highest BCUT2D eigenvalue weighted by atomic mass is 16.6. The first kappa shape index (κ1) is 32.4. The van der Waals surface area contributed by atoms with Crippen molar-refractivity contribution >= 4 is 29.4 Å². The number of amidine groups is 1. The number of ether oxygens (including phenoxy) is 2. The average Bonchev–Trinajstić information content (AvgIpc) is 2.91. The molecule has 2 heterocycles. The fourth-order valence-corrected chi connectivity index (χ4v) is 4.35. The zero-order valence-electron chi connectivity index (χ0n) is 25.2. The lowest BCUT2D eigenvalue weighted by molar-refractivity contribution is -0.164. The molecule has 1 aromatic heterocycles. The minimum atomic E-state index is -0.876. The van der Waals surface area contributed by atoms with Crippen molar-refractivity contribution in [1.29, 1.82) is 5.41 Å². The van der Waals surface area contributed by atoms with Crippen LogP contribution in [0.2, 0.25) is 0 Å². The van der Waals surface area contributed by atoms with E-state index in [1.807, 2.05) is 45.0 Å². The summed E-state index contributed by atoms with van der Waals surface area (Å²) < 4.78 is 11.0. The van der Waals surface area contributed by atoms with Gasteiger partial charge in [-0.3, -0.25) is 24.8 Å². The second-order valence-corrected chi connectivity index (χ2v) is 12.4. The number of carbonyl (C=O) groups excluding carboxylic acids is 4. The number of nitrogens with one attached hydrogen (secondary N) is 2. The summed E-state index contributed by atoms with van der Waals surface area (Å²) in [5, 5.41) is 10.8. The lowest BCUT2D eigenvalue weighted by Gasteiger charge is -2.31. The van der Waals surface area contributed by atoms with Crippen molar-refractivity contribution in [3.63, 3.8) is 0 Å². The van der Waals surface area contributed by atoms with Gasteiger partial charge in [0, 0.05) is 30.8 Å². The van der Waals surface area contributed by atoms with Gasteiger partial charge in [-0.25, -0.2) is 4.79 Å². The number of nitrogens with two attached hydrogens (primary N) is 1. The Labute approximate surface area is 246 Å². The molecule has 1 aliphatic heterocycles. The maximum Gasteiger partial charge on any atom is 0.375 e. The molecule has 1 aromatic carbocycles. The Balaban J connectivity index is 1.49. The van der Waals surface area contributed by atoms with Crippen LogP contribution >= 0.6 is 0 Å². The fraction of sp³-hybridized carbons (Fsp3) is 0.484. The van der Waals surface area contributed by atoms with Crippen LogP contribution < -0.4 is 15.8 Å². The van der Waals surface area contributed by atoms with E-state index in [-0.39, 0.29) is 29.5 Å². The number of amides is 2. The Morgan fingerprint density at radius 3 is 2.14 bits per heavy atom. The SMILES string of the molecule is CC(C)(C)OC(=O)C(=O)C1CCN(C(=O)c2ccc(C(=N)NC(=O)[C@@H](N)Cc3ccc(OC(C)(C)C)cc3)cn2)CC1. The van der Waals surface area contributed by atoms with Gasteiger partial charge in [0.2, 0.25) is 11.7 Å². The van der Waals surface area contributed by atoms with E-state index in [0.717, 1.165) is 11.3 Å². The zero-order chi connectivity index (χ0) is 31.2. The van der Waals surface area contributed by atoms with Gasteiger partial charge in [-0.1, -0.05) is 12.1 Å². The first-order valence-electron chi connectivity index (χ1n) is 14.0. The van der Waals surface area contributed by atoms with Crippen LogP contribution in [0.25, 0.3) is 0 Å². The van der Waals surface area contributed by atoms with Gasteiger partial charge in [-0.2, -0.15) is 0 Å². The molecule has 0 radical (unpaired) electrons. The molecule has 1 saturated heterocycles. The Bertz CT molecular complexity index is 1300. The molecule has 0 aliphatic carbocycles. The molecule has 226 valence electrons. The summed E-state index contributed by atoms with van der Waals surface area (Å²) in [6.07, 6.45) is 2.33. The topological polar surface area (TPSA) is 165 Å². The van der Waals surface area contributed by atoms with Gasteiger partial charge in [-0.15, -0.1) is 0 Å². The normalized spacial score (nSPS) is 15.0. The molecule has 1 atom stereocenters. The van der Waals surface area contributed by atoms with E-state index >= 15 is 0 Å². The fourth-order valence-electron chi connectivity index (χ4n) is 4.35. The largest absolute Gasteiger partial charge is 0.488 e. The Kier molecular flexibility index (Phi) is 10.2. The highest BCUT2D eigenvalue weighted by Gasteiger charge is 2.34. The molecule has 11 nitrogen and oxygen atoms in total. The van der Waals surface area contributed by atoms with Crippen LogP contribution in [-0.4, -0.2) is 69.6 Å². The minimum absolute atomic E-state index is 0.172. The third-order valence-electron chi connectivity index (χ3n) is 6.41. The molecule has 0 saturated carbocycles. The summed E-state index contributed by atoms with van der Waals surface area (Å²) in [4.78, 5) is 55.9. The van der Waals surface area contributed by atoms with E-state index in [1.54, 1.807) is 25.7 Å². The van der Waals surface area contributed by atoms with Crippen LogP contribution in [0.4, 0.5) is 0 Å². The number of carbonyl (C=O) groups is 4. The maximum absolute atomic E-state index is 12.9. The summed E-state index contributed by atoms with van der Waals surface area (Å²) in [6, 6.07) is 9.49. The number of esters is 1. The van der Waals surface area contributed by atoms with Gasteiger partial charge in [0.1, 0.15) is 28.5 Å². The monoisotopic (exact) mass is 579 g/mol. The minimum Gasteiger partial charge on any atom is -0.488 e. The molecule has 3 rings (SSSR count). The van der Waals surface area contributed by atoms with Crippen molar-refractivity contribution in [2.24, 2.45) is 11.7 Å². The number of likely N-dealkylation sites (tertiary alicyclic amines) is 1. The second-order valence-electron chi connectivity index (χ2n) is 12.4. The molecule has 0 bridgehead atoms. The van der Waals surface area contributed by atoms with Crippen molar-refractivity contribution in [2.75, 3.05) is 13.1 Å². The van der Waals surface area contributed by atoms with Crippen LogP contribution in [0, 0.1) is 11.3 Å². The summed E-state index contributed by atoms with van der Waals surface area (Å²) in [7, 11) is 0. The standard InChI is InChI=1S/C31H41N5O6/c1-30(2,3)41-22-10-7-19(8-11-22)17-23(32)27(38)35-26(33)21-9-12-24(34-18-21)28(39)36-15-13-20(14-16-36)25(37)29(40)42-31(4,5)6/h7-12,18,20,23H,13-17,32H2,1-6H3,(H2,33,35,38)/t23-/m0/s1. The number of piperidine rings is 1. The van der Waals surface area contributed by atoms with E-state index in [4.69, 9.17) is 20.6 Å². The average molecular weight is 580 g/mol. The second kappa shape index (κ2) is 13.2. The van der Waals surface area contributed by atoms with Crippen molar-refractivity contribution < 1.29 is 28.7 Å². The smallest absolute Gasteiger partial charge is 0.375 e. The van der Waals surface area contributed by atoms with Crippen LogP contribution in [0.15, 0.2) is 42.6 Å². The van der Waals surface area contributed by atoms with E-state index in [0.29, 0.717) is 31.5 Å². The molecule has 4 N–H and O–H groups in total. The quantitative estimate of drug-likeness (QED) is 0.186. The molecule has 2 aromatic rings. The molecule has 0 unspecified atom stereocenters. The van der Waals surface area contributed by atoms with Crippen molar-refractivity contribution in [1.82, 2.24) is 15.2 Å². The summed E-state index contributed by atoms with van der Waals surface area (Å²) in [5.74, 6) is -2.20. The summed E-state index contributed by atoms with van der Waals surface area (Å²) >= 11 is 0. The van der Waals surface area contributed by atoms with Crippen molar-refractivity contribution in [3.05, 3.63) is 59.4 Å². The van der Waals surface area contributed by atoms with Crippen LogP contribution in [0.3, 0.4) is 0 Å². The molecular formula is C31H41N5O6. The summed E-state index contributed by atoms with van der Waals surface area (Å²) in [5.41, 5.74) is 6.36. The van der Waals surface area contributed by atoms with Crippen molar-refractivity contribution in [2.45, 2.75) is 78.0 Å². The van der Waals surface area contributed by atoms with Gasteiger partial charge < -0.3 is 25.4 Å². The lowest BCUT2D eigenvalue weighted by atomic mass is 9.92. The zero-order valence-corrected chi connectivity index (χ0v) is 25.2. The van der Waals surface area contributed by atoms with Crippen LogP contribution in [0.5, 0.6) is 5.75 Å². The highest BCUT2D eigenvalue weighted by Crippen LogP contribution is 2.22. The molecular weight excluding hydrogens is 538 g/mol. The Morgan fingerprint density at radius 1 is 1.00 bits per heavy atom. The molecule has 0 spiro atoms. The predicted molar refractivity (Wildman–Crippen MR) is 157 cm³/mol. The van der Waals surface area contributed by atoms with E-state index in [1.165, 1.54) is 18.3 Å². The first-order chi connectivity index (χ1) is 19.5. The third kappa shape index (κ3) is 9.47. The number of hydrogen-bond acceptors (Lipinski definition) is 9. The third-order valence-corrected chi connectivity index (χ3v) is 6.41. The Morgan fingerprint density at radius 2 is 1.62 bits per heavy atom. The van der Waals surface area contributed by atoms with Crippen LogP contribution in [-0.2, 0) is 25.5 Å². The van der Waals surface area contributed by atoms with E-state index in [9.17, 15) is 19.2 Å². The summed E-state index contributed by atoms with van der Waals surface area (Å²) in [6.45, 7) is 11.6. The molecule has 11 heteroatoms. The number of pyridine rings is 1. The van der Waals surface area contributed by atoms with Gasteiger partial charge >= 0.3 is 5.97 Å². The predicted octanol–water partition coefficient (Wildman–Crippen LogP) is 3.03. The number of hydrogen-bond donors (Lipinski definition) is 3. The number of rotatable bonds is 8. The molecule has 2 amide bonds.